The van der Waals surface area contributed by atoms with E-state index in [0.717, 1.165) is 0 Å². The molecule has 0 unspecified atom stereocenters. The molecule has 0 rings (SSSR count). The first kappa shape index (κ1) is 16.2. The second kappa shape index (κ2) is 7.51. The fourth-order valence-electron chi connectivity index (χ4n) is 1.20. The van der Waals surface area contributed by atoms with Crippen LogP contribution in [0.25, 0.3) is 0 Å². The predicted molar refractivity (Wildman–Crippen MR) is 65.4 cm³/mol. The number of aliphatic hydroxyl groups excluding tert-OH is 1. The summed E-state index contributed by atoms with van der Waals surface area (Å²) in [6.07, 6.45) is 6.43. The van der Waals surface area contributed by atoms with Gasteiger partial charge in [0.2, 0.25) is 0 Å². The summed E-state index contributed by atoms with van der Waals surface area (Å²) in [5.74, 6) is 1.09. The number of carbonyl (C=O) groups excluding carboxylic acids is 2. The van der Waals surface area contributed by atoms with Gasteiger partial charge in [0.05, 0.1) is 12.0 Å². The molecule has 0 spiro atoms. The first-order valence-corrected chi connectivity index (χ1v) is 5.43. The van der Waals surface area contributed by atoms with Crippen LogP contribution in [0.5, 0.6) is 0 Å². The Morgan fingerprint density at radius 3 is 2.50 bits per heavy atom. The van der Waals surface area contributed by atoms with Crippen molar-refractivity contribution in [3.8, 4) is 12.3 Å². The Morgan fingerprint density at radius 1 is 1.39 bits per heavy atom. The van der Waals surface area contributed by atoms with Crippen LogP contribution in [-0.2, 0) is 19.1 Å². The highest BCUT2D eigenvalue weighted by atomic mass is 16.5. The largest absolute Gasteiger partial charge is 0.460 e. The van der Waals surface area contributed by atoms with Gasteiger partial charge in [0.25, 0.3) is 0 Å². The van der Waals surface area contributed by atoms with E-state index in [1.165, 1.54) is 13.0 Å². The molecule has 0 aliphatic heterocycles. The van der Waals surface area contributed by atoms with E-state index in [0.29, 0.717) is 0 Å². The van der Waals surface area contributed by atoms with Gasteiger partial charge in [-0.15, -0.1) is 6.42 Å². The summed E-state index contributed by atoms with van der Waals surface area (Å²) >= 11 is 0. The molecule has 0 heterocycles. The SMILES string of the molecule is C#CCOC(=O)C(C)(C)/C=C(\C)C(=O)OCCO. The van der Waals surface area contributed by atoms with Crippen molar-refractivity contribution >= 4 is 11.9 Å². The smallest absolute Gasteiger partial charge is 0.333 e. The monoisotopic (exact) mass is 254 g/mol. The summed E-state index contributed by atoms with van der Waals surface area (Å²) in [7, 11) is 0. The van der Waals surface area contributed by atoms with E-state index in [1.807, 2.05) is 0 Å². The zero-order valence-corrected chi connectivity index (χ0v) is 10.9. The Bertz CT molecular complexity index is 373. The van der Waals surface area contributed by atoms with Crippen LogP contribution in [0, 0.1) is 17.8 Å². The highest BCUT2D eigenvalue weighted by Crippen LogP contribution is 2.21. The summed E-state index contributed by atoms with van der Waals surface area (Å²) in [5, 5.41) is 8.53. The molecule has 0 aromatic carbocycles. The molecular weight excluding hydrogens is 236 g/mol. The molecule has 0 aliphatic carbocycles. The lowest BCUT2D eigenvalue weighted by molar-refractivity contribution is -0.149. The molecule has 0 aromatic heterocycles. The van der Waals surface area contributed by atoms with Gasteiger partial charge >= 0.3 is 11.9 Å². The number of hydrogen-bond acceptors (Lipinski definition) is 5. The Balaban J connectivity index is 4.66. The summed E-state index contributed by atoms with van der Waals surface area (Å²) in [6.45, 7) is 4.31. The Labute approximate surface area is 107 Å². The second-order valence-electron chi connectivity index (χ2n) is 4.19. The van der Waals surface area contributed by atoms with Crippen LogP contribution < -0.4 is 0 Å². The fourth-order valence-corrected chi connectivity index (χ4v) is 1.20. The molecule has 5 heteroatoms. The molecule has 0 fully saturated rings. The fraction of sp³-hybridized carbons (Fsp3) is 0.538. The van der Waals surface area contributed by atoms with Crippen LogP contribution in [0.1, 0.15) is 20.8 Å². The lowest BCUT2D eigenvalue weighted by atomic mass is 9.91. The van der Waals surface area contributed by atoms with Crippen LogP contribution in [-0.4, -0.2) is 36.9 Å². The molecule has 0 radical (unpaired) electrons. The van der Waals surface area contributed by atoms with Crippen molar-refractivity contribution in [2.24, 2.45) is 5.41 Å². The average molecular weight is 254 g/mol. The zero-order chi connectivity index (χ0) is 14.2. The molecule has 100 valence electrons. The Kier molecular flexibility index (Phi) is 6.76. The third-order valence-corrected chi connectivity index (χ3v) is 2.04. The van der Waals surface area contributed by atoms with Crippen molar-refractivity contribution in [3.63, 3.8) is 0 Å². The first-order valence-electron chi connectivity index (χ1n) is 5.43. The summed E-state index contributed by atoms with van der Waals surface area (Å²) < 4.78 is 9.52. The zero-order valence-electron chi connectivity index (χ0n) is 10.9. The van der Waals surface area contributed by atoms with Gasteiger partial charge in [0, 0.05) is 5.57 Å². The third kappa shape index (κ3) is 5.51. The molecule has 0 aromatic rings. The van der Waals surface area contributed by atoms with Gasteiger partial charge in [0.1, 0.15) is 6.61 Å². The van der Waals surface area contributed by atoms with Gasteiger partial charge in [-0.1, -0.05) is 12.0 Å². The second-order valence-corrected chi connectivity index (χ2v) is 4.19. The van der Waals surface area contributed by atoms with Gasteiger partial charge in [-0.3, -0.25) is 4.79 Å². The molecule has 0 aliphatic rings. The minimum absolute atomic E-state index is 0.0774. The molecule has 0 saturated carbocycles. The van der Waals surface area contributed by atoms with Crippen LogP contribution in [0.2, 0.25) is 0 Å². The maximum atomic E-state index is 11.6. The number of aliphatic hydroxyl groups is 1. The van der Waals surface area contributed by atoms with Crippen molar-refractivity contribution in [1.29, 1.82) is 0 Å². The van der Waals surface area contributed by atoms with Crippen molar-refractivity contribution in [3.05, 3.63) is 11.6 Å². The maximum absolute atomic E-state index is 11.6. The average Bonchev–Trinajstić information content (AvgIpc) is 2.32. The van der Waals surface area contributed by atoms with E-state index in [-0.39, 0.29) is 25.4 Å². The quantitative estimate of drug-likeness (QED) is 0.428. The van der Waals surface area contributed by atoms with E-state index in [1.54, 1.807) is 13.8 Å². The van der Waals surface area contributed by atoms with E-state index in [2.05, 4.69) is 5.92 Å². The lowest BCUT2D eigenvalue weighted by Crippen LogP contribution is -2.26. The van der Waals surface area contributed by atoms with E-state index < -0.39 is 17.4 Å². The Hall–Kier alpha value is -1.80. The number of ether oxygens (including phenoxy) is 2. The summed E-state index contributed by atoms with van der Waals surface area (Å²) in [5.41, 5.74) is -0.704. The summed E-state index contributed by atoms with van der Waals surface area (Å²) in [4.78, 5) is 23.1. The van der Waals surface area contributed by atoms with Gasteiger partial charge in [0.15, 0.2) is 6.61 Å². The van der Waals surface area contributed by atoms with Crippen molar-refractivity contribution in [2.75, 3.05) is 19.8 Å². The van der Waals surface area contributed by atoms with Gasteiger partial charge in [-0.05, 0) is 20.8 Å². The summed E-state index contributed by atoms with van der Waals surface area (Å²) in [6, 6.07) is 0. The van der Waals surface area contributed by atoms with Crippen molar-refractivity contribution < 1.29 is 24.2 Å². The molecule has 0 atom stereocenters. The van der Waals surface area contributed by atoms with Crippen LogP contribution >= 0.6 is 0 Å². The number of rotatable bonds is 6. The van der Waals surface area contributed by atoms with Crippen molar-refractivity contribution in [1.82, 2.24) is 0 Å². The van der Waals surface area contributed by atoms with Crippen LogP contribution in [0.3, 0.4) is 0 Å². The molecule has 0 bridgehead atoms. The predicted octanol–water partition coefficient (Wildman–Crippen LogP) is 0.671. The number of carbonyl (C=O) groups is 2. The number of esters is 2. The minimum atomic E-state index is -0.973. The molecule has 5 nitrogen and oxygen atoms in total. The third-order valence-electron chi connectivity index (χ3n) is 2.04. The van der Waals surface area contributed by atoms with Gasteiger partial charge in [-0.2, -0.15) is 0 Å². The minimum Gasteiger partial charge on any atom is -0.460 e. The van der Waals surface area contributed by atoms with Crippen molar-refractivity contribution in [2.45, 2.75) is 20.8 Å². The van der Waals surface area contributed by atoms with Gasteiger partial charge < -0.3 is 14.6 Å². The van der Waals surface area contributed by atoms with Crippen LogP contribution in [0.15, 0.2) is 11.6 Å². The van der Waals surface area contributed by atoms with E-state index in [9.17, 15) is 9.59 Å². The lowest BCUT2D eigenvalue weighted by Gasteiger charge is -2.18. The van der Waals surface area contributed by atoms with Gasteiger partial charge in [-0.25, -0.2) is 4.79 Å². The maximum Gasteiger partial charge on any atom is 0.333 e. The van der Waals surface area contributed by atoms with E-state index in [4.69, 9.17) is 21.0 Å². The highest BCUT2D eigenvalue weighted by molar-refractivity contribution is 5.89. The number of hydrogen-bond donors (Lipinski definition) is 1. The normalized spacial score (nSPS) is 11.6. The van der Waals surface area contributed by atoms with E-state index >= 15 is 0 Å². The molecular formula is C13H18O5. The molecule has 0 amide bonds. The van der Waals surface area contributed by atoms with Crippen LogP contribution in [0.4, 0.5) is 0 Å². The molecule has 0 saturated heterocycles. The Morgan fingerprint density at radius 2 is 2.00 bits per heavy atom. The molecule has 18 heavy (non-hydrogen) atoms. The first-order chi connectivity index (χ1) is 8.35. The highest BCUT2D eigenvalue weighted by Gasteiger charge is 2.28. The standard InChI is InChI=1S/C13H18O5/c1-5-7-18-12(16)13(3,4)9-10(2)11(15)17-8-6-14/h1,9,14H,6-8H2,2-4H3/b10-9+. The molecule has 1 N–H and O–H groups in total. The number of terminal acetylenes is 1. The topological polar surface area (TPSA) is 72.8 Å².